The molecule has 1 heterocycles. The first-order valence-corrected chi connectivity index (χ1v) is 6.44. The van der Waals surface area contributed by atoms with Crippen LogP contribution in [0.1, 0.15) is 57.3 Å². The molecule has 2 N–H and O–H groups in total. The quantitative estimate of drug-likeness (QED) is 0.689. The molecule has 0 unspecified atom stereocenters. The Labute approximate surface area is 98.2 Å². The lowest BCUT2D eigenvalue weighted by atomic mass is 10.1. The monoisotopic (exact) mass is 224 g/mol. The molecule has 0 bridgehead atoms. The first-order chi connectivity index (χ1) is 7.83. The van der Waals surface area contributed by atoms with Crippen LogP contribution in [0, 0.1) is 0 Å². The highest BCUT2D eigenvalue weighted by molar-refractivity contribution is 5.09. The van der Waals surface area contributed by atoms with Crippen molar-refractivity contribution in [3.8, 4) is 0 Å². The fourth-order valence-corrected chi connectivity index (χ4v) is 1.84. The normalized spacial score (nSPS) is 10.9. The summed E-state index contributed by atoms with van der Waals surface area (Å²) in [6.45, 7) is 5.91. The van der Waals surface area contributed by atoms with Crippen LogP contribution in [-0.2, 0) is 19.5 Å². The van der Waals surface area contributed by atoms with Crippen LogP contribution in [0.3, 0.4) is 0 Å². The van der Waals surface area contributed by atoms with Crippen LogP contribution in [0.5, 0.6) is 0 Å². The van der Waals surface area contributed by atoms with Gasteiger partial charge in [0.05, 0.1) is 11.4 Å². The third kappa shape index (κ3) is 3.59. The maximum absolute atomic E-state index is 5.67. The van der Waals surface area contributed by atoms with Gasteiger partial charge in [0, 0.05) is 13.1 Å². The van der Waals surface area contributed by atoms with Gasteiger partial charge in [-0.2, -0.15) is 0 Å². The van der Waals surface area contributed by atoms with Crippen molar-refractivity contribution in [3.05, 3.63) is 11.4 Å². The van der Waals surface area contributed by atoms with Gasteiger partial charge in [0.2, 0.25) is 0 Å². The SMILES string of the molecule is CCCCCn1nnc(CN)c1CCCC. The molecule has 0 radical (unpaired) electrons. The lowest BCUT2D eigenvalue weighted by Crippen LogP contribution is -2.08. The van der Waals surface area contributed by atoms with Crippen molar-refractivity contribution >= 4 is 0 Å². The minimum atomic E-state index is 0.507. The van der Waals surface area contributed by atoms with Gasteiger partial charge in [-0.05, 0) is 19.3 Å². The van der Waals surface area contributed by atoms with E-state index in [9.17, 15) is 0 Å². The zero-order valence-corrected chi connectivity index (χ0v) is 10.6. The maximum Gasteiger partial charge on any atom is 0.0994 e. The van der Waals surface area contributed by atoms with Crippen LogP contribution < -0.4 is 5.73 Å². The summed E-state index contributed by atoms with van der Waals surface area (Å²) in [4.78, 5) is 0. The lowest BCUT2D eigenvalue weighted by Gasteiger charge is -2.06. The van der Waals surface area contributed by atoms with Crippen molar-refractivity contribution in [1.29, 1.82) is 0 Å². The number of nitrogens with two attached hydrogens (primary N) is 1. The van der Waals surface area contributed by atoms with E-state index in [4.69, 9.17) is 5.73 Å². The molecule has 0 atom stereocenters. The minimum Gasteiger partial charge on any atom is -0.325 e. The first-order valence-electron chi connectivity index (χ1n) is 6.44. The van der Waals surface area contributed by atoms with Crippen LogP contribution >= 0.6 is 0 Å². The predicted octanol–water partition coefficient (Wildman–Crippen LogP) is 2.27. The molecule has 1 aromatic rings. The van der Waals surface area contributed by atoms with Crippen LogP contribution in [0.2, 0.25) is 0 Å². The number of aryl methyl sites for hydroxylation is 1. The van der Waals surface area contributed by atoms with E-state index in [1.165, 1.54) is 37.8 Å². The van der Waals surface area contributed by atoms with Gasteiger partial charge in [-0.1, -0.05) is 38.3 Å². The molecule has 1 aromatic heterocycles. The van der Waals surface area contributed by atoms with E-state index in [1.54, 1.807) is 0 Å². The standard InChI is InChI=1S/C12H24N4/c1-3-5-7-9-16-12(8-6-4-2)11(10-13)14-15-16/h3-10,13H2,1-2H3. The zero-order valence-electron chi connectivity index (χ0n) is 10.6. The topological polar surface area (TPSA) is 56.7 Å². The van der Waals surface area contributed by atoms with E-state index in [0.717, 1.165) is 18.7 Å². The van der Waals surface area contributed by atoms with E-state index in [0.29, 0.717) is 6.54 Å². The fraction of sp³-hybridized carbons (Fsp3) is 0.833. The van der Waals surface area contributed by atoms with Gasteiger partial charge < -0.3 is 5.73 Å². The van der Waals surface area contributed by atoms with E-state index in [1.807, 2.05) is 4.68 Å². The van der Waals surface area contributed by atoms with Crippen molar-refractivity contribution < 1.29 is 0 Å². The summed E-state index contributed by atoms with van der Waals surface area (Å²) in [5.74, 6) is 0. The minimum absolute atomic E-state index is 0.507. The largest absolute Gasteiger partial charge is 0.325 e. The van der Waals surface area contributed by atoms with E-state index in [-0.39, 0.29) is 0 Å². The van der Waals surface area contributed by atoms with Crippen LogP contribution in [-0.4, -0.2) is 15.0 Å². The molecule has 0 aliphatic rings. The van der Waals surface area contributed by atoms with Crippen molar-refractivity contribution in [3.63, 3.8) is 0 Å². The second-order valence-electron chi connectivity index (χ2n) is 4.22. The summed E-state index contributed by atoms with van der Waals surface area (Å²) in [7, 11) is 0. The third-order valence-corrected chi connectivity index (χ3v) is 2.85. The molecule has 16 heavy (non-hydrogen) atoms. The summed E-state index contributed by atoms with van der Waals surface area (Å²) >= 11 is 0. The van der Waals surface area contributed by atoms with Gasteiger partial charge in [-0.25, -0.2) is 4.68 Å². The molecular formula is C12H24N4. The number of aromatic nitrogens is 3. The number of hydrogen-bond donors (Lipinski definition) is 1. The molecule has 92 valence electrons. The maximum atomic E-state index is 5.67. The third-order valence-electron chi connectivity index (χ3n) is 2.85. The Morgan fingerprint density at radius 2 is 1.88 bits per heavy atom. The smallest absolute Gasteiger partial charge is 0.0994 e. The highest BCUT2D eigenvalue weighted by Crippen LogP contribution is 2.10. The molecule has 0 fully saturated rings. The molecule has 4 heteroatoms. The molecular weight excluding hydrogens is 200 g/mol. The average molecular weight is 224 g/mol. The van der Waals surface area contributed by atoms with Crippen molar-refractivity contribution in [1.82, 2.24) is 15.0 Å². The Bertz CT molecular complexity index is 293. The van der Waals surface area contributed by atoms with Crippen molar-refractivity contribution in [2.24, 2.45) is 5.73 Å². The van der Waals surface area contributed by atoms with Gasteiger partial charge in [0.25, 0.3) is 0 Å². The Morgan fingerprint density at radius 1 is 1.12 bits per heavy atom. The van der Waals surface area contributed by atoms with E-state index in [2.05, 4.69) is 24.2 Å². The zero-order chi connectivity index (χ0) is 11.8. The summed E-state index contributed by atoms with van der Waals surface area (Å²) in [5, 5.41) is 8.35. The number of hydrogen-bond acceptors (Lipinski definition) is 3. The summed E-state index contributed by atoms with van der Waals surface area (Å²) < 4.78 is 2.05. The van der Waals surface area contributed by atoms with Crippen LogP contribution in [0.4, 0.5) is 0 Å². The van der Waals surface area contributed by atoms with Crippen molar-refractivity contribution in [2.75, 3.05) is 0 Å². The van der Waals surface area contributed by atoms with Gasteiger partial charge >= 0.3 is 0 Å². The average Bonchev–Trinajstić information content (AvgIpc) is 2.69. The van der Waals surface area contributed by atoms with Crippen LogP contribution in [0.15, 0.2) is 0 Å². The molecule has 0 spiro atoms. The van der Waals surface area contributed by atoms with Gasteiger partial charge in [0.1, 0.15) is 0 Å². The molecule has 0 saturated carbocycles. The molecule has 4 nitrogen and oxygen atoms in total. The second kappa shape index (κ2) is 7.39. The molecule has 0 aliphatic heterocycles. The number of unbranched alkanes of at least 4 members (excludes halogenated alkanes) is 3. The summed E-state index contributed by atoms with van der Waals surface area (Å²) in [6.07, 6.45) is 7.12. The highest BCUT2D eigenvalue weighted by Gasteiger charge is 2.10. The molecule has 0 aromatic carbocycles. The predicted molar refractivity (Wildman–Crippen MR) is 66.1 cm³/mol. The molecule has 1 rings (SSSR count). The second-order valence-corrected chi connectivity index (χ2v) is 4.22. The first kappa shape index (κ1) is 13.2. The van der Waals surface area contributed by atoms with Gasteiger partial charge in [-0.15, -0.1) is 5.10 Å². The molecule has 0 saturated heterocycles. The lowest BCUT2D eigenvalue weighted by molar-refractivity contribution is 0.515. The van der Waals surface area contributed by atoms with Gasteiger partial charge in [-0.3, -0.25) is 0 Å². The Hall–Kier alpha value is -0.900. The number of rotatable bonds is 8. The molecule has 0 amide bonds. The van der Waals surface area contributed by atoms with E-state index >= 15 is 0 Å². The number of nitrogens with zero attached hydrogens (tertiary/aromatic N) is 3. The van der Waals surface area contributed by atoms with Gasteiger partial charge in [0.15, 0.2) is 0 Å². The van der Waals surface area contributed by atoms with Crippen molar-refractivity contribution in [2.45, 2.75) is 65.5 Å². The molecule has 0 aliphatic carbocycles. The summed E-state index contributed by atoms with van der Waals surface area (Å²) in [6, 6.07) is 0. The highest BCUT2D eigenvalue weighted by atomic mass is 15.4. The van der Waals surface area contributed by atoms with Crippen LogP contribution in [0.25, 0.3) is 0 Å². The summed E-state index contributed by atoms with van der Waals surface area (Å²) in [5.41, 5.74) is 7.90. The Kier molecular flexibility index (Phi) is 6.08. The van der Waals surface area contributed by atoms with E-state index < -0.39 is 0 Å². The Balaban J connectivity index is 2.62. The Morgan fingerprint density at radius 3 is 2.50 bits per heavy atom. The fourth-order valence-electron chi connectivity index (χ4n) is 1.84.